The molecule has 4 aliphatic rings. The summed E-state index contributed by atoms with van der Waals surface area (Å²) in [6, 6.07) is 7.28. The van der Waals surface area contributed by atoms with Crippen LogP contribution in [0.1, 0.15) is 17.5 Å². The van der Waals surface area contributed by atoms with E-state index in [4.69, 9.17) is 9.47 Å². The van der Waals surface area contributed by atoms with Gasteiger partial charge in [0.25, 0.3) is 5.69 Å². The molecule has 2 heterocycles. The summed E-state index contributed by atoms with van der Waals surface area (Å²) in [5.41, 5.74) is 0.886. The number of nitro groups is 2. The first-order valence-electron chi connectivity index (χ1n) is 10.8. The first-order chi connectivity index (χ1) is 15.8. The number of benzene rings is 2. The second-order valence-corrected chi connectivity index (χ2v) is 9.18. The number of rotatable bonds is 4. The van der Waals surface area contributed by atoms with E-state index in [-0.39, 0.29) is 22.8 Å². The number of aliphatic hydroxyl groups is 1. The van der Waals surface area contributed by atoms with Gasteiger partial charge >= 0.3 is 5.69 Å². The Morgan fingerprint density at radius 2 is 1.94 bits per heavy atom. The van der Waals surface area contributed by atoms with Crippen LogP contribution >= 0.6 is 0 Å². The number of nitrogens with zero attached hydrogens (tertiary/aromatic N) is 3. The Hall–Kier alpha value is -3.50. The molecule has 2 aliphatic heterocycles. The van der Waals surface area contributed by atoms with Crippen molar-refractivity contribution in [1.82, 2.24) is 4.90 Å². The van der Waals surface area contributed by atoms with Crippen molar-refractivity contribution < 1.29 is 24.4 Å². The van der Waals surface area contributed by atoms with Crippen molar-refractivity contribution in [2.45, 2.75) is 36.5 Å². The topological polar surface area (TPSA) is 128 Å². The summed E-state index contributed by atoms with van der Waals surface area (Å²) in [5.74, 6) is 0.881. The fraction of sp³-hybridized carbons (Fsp3) is 0.391. The summed E-state index contributed by atoms with van der Waals surface area (Å²) in [5, 5.41) is 33.5. The molecule has 1 saturated heterocycles. The molecule has 6 rings (SSSR count). The van der Waals surface area contributed by atoms with Crippen molar-refractivity contribution in [2.75, 3.05) is 13.6 Å². The highest BCUT2D eigenvalue weighted by atomic mass is 16.6. The third-order valence-electron chi connectivity index (χ3n) is 7.70. The van der Waals surface area contributed by atoms with Gasteiger partial charge in [0.2, 0.25) is 5.75 Å². The first kappa shape index (κ1) is 20.1. The van der Waals surface area contributed by atoms with Gasteiger partial charge < -0.3 is 19.5 Å². The lowest BCUT2D eigenvalue weighted by molar-refractivity contribution is -0.394. The maximum atomic E-state index is 11.6. The first-order valence-corrected chi connectivity index (χ1v) is 10.8. The molecule has 5 atom stereocenters. The minimum absolute atomic E-state index is 0.106. The normalized spacial score (nSPS) is 31.0. The number of piperidine rings is 1. The maximum Gasteiger partial charge on any atom is 0.318 e. The Morgan fingerprint density at radius 1 is 1.15 bits per heavy atom. The number of ether oxygens (including phenoxy) is 2. The van der Waals surface area contributed by atoms with Gasteiger partial charge in [-0.15, -0.1) is 0 Å². The molecule has 10 nitrogen and oxygen atoms in total. The van der Waals surface area contributed by atoms with E-state index in [0.717, 1.165) is 36.6 Å². The van der Waals surface area contributed by atoms with Crippen molar-refractivity contribution in [1.29, 1.82) is 0 Å². The number of hydrogen-bond acceptors (Lipinski definition) is 8. The molecule has 0 aromatic heterocycles. The van der Waals surface area contributed by atoms with Crippen LogP contribution in [-0.2, 0) is 11.8 Å². The van der Waals surface area contributed by atoms with Gasteiger partial charge in [-0.3, -0.25) is 20.2 Å². The standard InChI is InChI=1S/C23H21N3O7/c1-24-9-8-23-14-4-5-17(27)22(23)33-21-19(6-2-12(20(21)23)10-15(14)24)32-18-7-3-13(25(28)29)11-16(18)26(30)31/h2-7,11,14-15,17,22,27H,8-10H2,1H3/t14-,15+,17-,22-,23-/m0/s1. The van der Waals surface area contributed by atoms with E-state index >= 15 is 0 Å². The predicted octanol–water partition coefficient (Wildman–Crippen LogP) is 3.10. The minimum Gasteiger partial charge on any atom is -0.482 e. The van der Waals surface area contributed by atoms with Crippen molar-refractivity contribution >= 4 is 11.4 Å². The zero-order chi connectivity index (χ0) is 23.1. The monoisotopic (exact) mass is 451 g/mol. The third-order valence-corrected chi connectivity index (χ3v) is 7.70. The van der Waals surface area contributed by atoms with Crippen molar-refractivity contribution in [3.63, 3.8) is 0 Å². The average Bonchev–Trinajstić information content (AvgIpc) is 3.14. The van der Waals surface area contributed by atoms with E-state index in [2.05, 4.69) is 18.0 Å². The number of nitro benzene ring substituents is 2. The molecule has 0 saturated carbocycles. The van der Waals surface area contributed by atoms with E-state index in [1.54, 1.807) is 12.1 Å². The SMILES string of the molecule is CN1CC[C@]23c4c5ccc(Oc6ccc([N+](=O)[O-])cc6[N+](=O)[O-])c4O[C@H]2[C@@H](O)C=C[C@H]3[C@H]1C5. The summed E-state index contributed by atoms with van der Waals surface area (Å²) in [4.78, 5) is 23.6. The largest absolute Gasteiger partial charge is 0.482 e. The van der Waals surface area contributed by atoms with Gasteiger partial charge in [0.1, 0.15) is 12.2 Å². The van der Waals surface area contributed by atoms with Gasteiger partial charge in [-0.25, -0.2) is 0 Å². The fourth-order valence-corrected chi connectivity index (χ4v) is 6.28. The van der Waals surface area contributed by atoms with Crippen LogP contribution in [0.3, 0.4) is 0 Å². The Balaban J connectivity index is 1.48. The Morgan fingerprint density at radius 3 is 2.70 bits per heavy atom. The lowest BCUT2D eigenvalue weighted by Crippen LogP contribution is -2.64. The molecule has 170 valence electrons. The van der Waals surface area contributed by atoms with E-state index in [0.29, 0.717) is 17.5 Å². The van der Waals surface area contributed by atoms with Crippen LogP contribution in [0.2, 0.25) is 0 Å². The van der Waals surface area contributed by atoms with Gasteiger partial charge in [-0.2, -0.15) is 0 Å². The second kappa shape index (κ2) is 6.75. The fourth-order valence-electron chi connectivity index (χ4n) is 6.28. The van der Waals surface area contributed by atoms with Gasteiger partial charge in [0, 0.05) is 29.0 Å². The van der Waals surface area contributed by atoms with Crippen LogP contribution < -0.4 is 9.47 Å². The van der Waals surface area contributed by atoms with Gasteiger partial charge in [-0.05, 0) is 44.1 Å². The minimum atomic E-state index is -0.773. The molecule has 10 heteroatoms. The summed E-state index contributed by atoms with van der Waals surface area (Å²) in [6.45, 7) is 0.874. The highest BCUT2D eigenvalue weighted by Crippen LogP contribution is 2.62. The summed E-state index contributed by atoms with van der Waals surface area (Å²) in [6.07, 6.45) is 4.33. The smallest absolute Gasteiger partial charge is 0.318 e. The molecule has 1 spiro atoms. The Labute approximate surface area is 188 Å². The average molecular weight is 451 g/mol. The molecule has 2 aromatic rings. The van der Waals surface area contributed by atoms with E-state index < -0.39 is 27.7 Å². The maximum absolute atomic E-state index is 11.6. The highest BCUT2D eigenvalue weighted by molar-refractivity contribution is 5.64. The van der Waals surface area contributed by atoms with Crippen LogP contribution in [0.15, 0.2) is 42.5 Å². The molecular formula is C23H21N3O7. The van der Waals surface area contributed by atoms with Crippen molar-refractivity contribution in [3.8, 4) is 17.2 Å². The quantitative estimate of drug-likeness (QED) is 0.427. The lowest BCUT2D eigenvalue weighted by atomic mass is 9.53. The molecule has 0 amide bonds. The number of aliphatic hydroxyl groups excluding tert-OH is 1. The Kier molecular flexibility index (Phi) is 4.12. The number of likely N-dealkylation sites (tertiary alicyclic amines) is 1. The zero-order valence-corrected chi connectivity index (χ0v) is 17.7. The van der Waals surface area contributed by atoms with Crippen LogP contribution in [-0.4, -0.2) is 51.7 Å². The molecule has 33 heavy (non-hydrogen) atoms. The molecule has 1 fully saturated rings. The van der Waals surface area contributed by atoms with Crippen molar-refractivity contribution in [2.24, 2.45) is 5.92 Å². The van der Waals surface area contributed by atoms with Crippen LogP contribution in [0.4, 0.5) is 11.4 Å². The lowest BCUT2D eigenvalue weighted by Gasteiger charge is -2.56. The molecule has 2 aliphatic carbocycles. The number of non-ortho nitro benzene ring substituents is 1. The molecular weight excluding hydrogens is 430 g/mol. The van der Waals surface area contributed by atoms with E-state index in [1.165, 1.54) is 12.1 Å². The van der Waals surface area contributed by atoms with Gasteiger partial charge in [0.05, 0.1) is 15.9 Å². The molecule has 2 aromatic carbocycles. The predicted molar refractivity (Wildman–Crippen MR) is 116 cm³/mol. The highest BCUT2D eigenvalue weighted by Gasteiger charge is 2.64. The van der Waals surface area contributed by atoms with Crippen LogP contribution in [0, 0.1) is 26.1 Å². The van der Waals surface area contributed by atoms with Gasteiger partial charge in [-0.1, -0.05) is 18.2 Å². The number of likely N-dealkylation sites (N-methyl/N-ethyl adjacent to an activating group) is 1. The van der Waals surface area contributed by atoms with E-state index in [9.17, 15) is 25.3 Å². The summed E-state index contributed by atoms with van der Waals surface area (Å²) in [7, 11) is 2.12. The third kappa shape index (κ3) is 2.61. The Bertz CT molecular complexity index is 1240. The molecule has 1 N–H and O–H groups in total. The summed E-state index contributed by atoms with van der Waals surface area (Å²) >= 11 is 0. The summed E-state index contributed by atoms with van der Waals surface area (Å²) < 4.78 is 12.3. The second-order valence-electron chi connectivity index (χ2n) is 9.18. The van der Waals surface area contributed by atoms with Gasteiger partial charge in [0.15, 0.2) is 11.5 Å². The van der Waals surface area contributed by atoms with E-state index in [1.807, 2.05) is 6.07 Å². The molecule has 0 radical (unpaired) electrons. The number of hydrogen-bond donors (Lipinski definition) is 1. The molecule has 2 bridgehead atoms. The molecule has 0 unspecified atom stereocenters. The van der Waals surface area contributed by atoms with Crippen molar-refractivity contribution in [3.05, 3.63) is 73.8 Å². The zero-order valence-electron chi connectivity index (χ0n) is 17.7. The van der Waals surface area contributed by atoms with Crippen LogP contribution in [0.5, 0.6) is 17.2 Å². The van der Waals surface area contributed by atoms with Crippen LogP contribution in [0.25, 0.3) is 0 Å².